The quantitative estimate of drug-likeness (QED) is 0.200. The van der Waals surface area contributed by atoms with Gasteiger partial charge >= 0.3 is 5.97 Å². The van der Waals surface area contributed by atoms with Crippen molar-refractivity contribution >= 4 is 51.5 Å². The number of hydrogen-bond acceptors (Lipinski definition) is 5. The van der Waals surface area contributed by atoms with E-state index < -0.39 is 5.97 Å². The molecule has 0 saturated carbocycles. The molecule has 6 nitrogen and oxygen atoms in total. The zero-order valence-electron chi connectivity index (χ0n) is 21.1. The number of thioether (sulfide) groups is 1. The number of carbonyl (C=O) groups is 2. The first-order chi connectivity index (χ1) is 18.5. The number of nitrogens with zero attached hydrogens (tertiary/aromatic N) is 3. The van der Waals surface area contributed by atoms with Crippen molar-refractivity contribution in [1.29, 1.82) is 0 Å². The fourth-order valence-electron chi connectivity index (χ4n) is 4.35. The Morgan fingerprint density at radius 3 is 2.61 bits per heavy atom. The number of carbonyl (C=O) groups excluding carboxylic acids is 2. The van der Waals surface area contributed by atoms with Gasteiger partial charge < -0.3 is 9.30 Å². The average Bonchev–Trinajstić information content (AvgIpc) is 3.42. The predicted octanol–water partition coefficient (Wildman–Crippen LogP) is 6.63. The number of aliphatic imine (C=N–C) groups is 1. The molecule has 5 rings (SSSR count). The third kappa shape index (κ3) is 5.26. The predicted molar refractivity (Wildman–Crippen MR) is 150 cm³/mol. The van der Waals surface area contributed by atoms with Crippen molar-refractivity contribution in [1.82, 2.24) is 9.47 Å². The third-order valence-electron chi connectivity index (χ3n) is 6.16. The lowest BCUT2D eigenvalue weighted by atomic mass is 10.1. The summed E-state index contributed by atoms with van der Waals surface area (Å²) in [5.74, 6) is -0.790. The molecule has 0 unspecified atom stereocenters. The van der Waals surface area contributed by atoms with Crippen LogP contribution in [0.2, 0.25) is 0 Å². The summed E-state index contributed by atoms with van der Waals surface area (Å²) >= 11 is 1.31. The lowest BCUT2D eigenvalue weighted by molar-refractivity contribution is -0.122. The number of aromatic nitrogens is 1. The van der Waals surface area contributed by atoms with Crippen LogP contribution in [0, 0.1) is 5.82 Å². The second-order valence-electron chi connectivity index (χ2n) is 8.68. The Morgan fingerprint density at radius 1 is 1.05 bits per heavy atom. The first kappa shape index (κ1) is 25.5. The van der Waals surface area contributed by atoms with Gasteiger partial charge in [0.15, 0.2) is 5.17 Å². The molecule has 1 aliphatic heterocycles. The largest absolute Gasteiger partial charge is 0.462 e. The van der Waals surface area contributed by atoms with E-state index in [1.165, 1.54) is 23.9 Å². The second kappa shape index (κ2) is 11.1. The summed E-state index contributed by atoms with van der Waals surface area (Å²) in [6.07, 6.45) is 3.92. The van der Waals surface area contributed by atoms with Gasteiger partial charge in [0, 0.05) is 35.8 Å². The van der Waals surface area contributed by atoms with E-state index in [-0.39, 0.29) is 11.7 Å². The highest BCUT2D eigenvalue weighted by molar-refractivity contribution is 8.18. The lowest BCUT2D eigenvalue weighted by Crippen LogP contribution is -2.28. The summed E-state index contributed by atoms with van der Waals surface area (Å²) in [6, 6.07) is 21.4. The second-order valence-corrected chi connectivity index (χ2v) is 9.69. The van der Waals surface area contributed by atoms with Crippen LogP contribution < -0.4 is 0 Å². The van der Waals surface area contributed by atoms with Crippen molar-refractivity contribution in [3.63, 3.8) is 0 Å². The van der Waals surface area contributed by atoms with Crippen LogP contribution in [0.5, 0.6) is 0 Å². The van der Waals surface area contributed by atoms with Crippen LogP contribution in [0.15, 0.2) is 88.9 Å². The molecule has 1 aromatic heterocycles. The molecule has 1 amide bonds. The SMILES string of the molecule is CCOC(=O)c1cccc(N=C2SC(=Cc3cn(Cc4ccc(F)cc4)c4ccccc34)C(=O)N2CC)c1. The van der Waals surface area contributed by atoms with E-state index >= 15 is 0 Å². The van der Waals surface area contributed by atoms with Gasteiger partial charge in [0.25, 0.3) is 5.91 Å². The summed E-state index contributed by atoms with van der Waals surface area (Å²) in [4.78, 5) is 32.3. The van der Waals surface area contributed by atoms with Gasteiger partial charge in [-0.15, -0.1) is 0 Å². The van der Waals surface area contributed by atoms with E-state index in [4.69, 9.17) is 4.74 Å². The fraction of sp³-hybridized carbons (Fsp3) is 0.167. The summed E-state index contributed by atoms with van der Waals surface area (Å²) in [5, 5.41) is 1.57. The van der Waals surface area contributed by atoms with Gasteiger partial charge in [-0.2, -0.15) is 0 Å². The van der Waals surface area contributed by atoms with Crippen LogP contribution >= 0.6 is 11.8 Å². The number of amides is 1. The van der Waals surface area contributed by atoms with Gasteiger partial charge in [-0.05, 0) is 73.6 Å². The van der Waals surface area contributed by atoms with Crippen molar-refractivity contribution < 1.29 is 18.7 Å². The molecule has 1 fully saturated rings. The van der Waals surface area contributed by atoms with E-state index in [1.807, 2.05) is 43.5 Å². The number of fused-ring (bicyclic) bond motifs is 1. The van der Waals surface area contributed by atoms with Gasteiger partial charge in [-0.25, -0.2) is 14.2 Å². The third-order valence-corrected chi connectivity index (χ3v) is 7.17. The Bertz CT molecular complexity index is 1570. The summed E-state index contributed by atoms with van der Waals surface area (Å²) < 4.78 is 20.6. The standard InChI is InChI=1S/C30H26FN3O3S/c1-3-34-28(35)27(38-30(34)32-24-9-7-8-21(16-24)29(36)37-4-2)17-22-19-33(26-11-6-5-10-25(22)26)18-20-12-14-23(31)15-13-20/h5-17,19H,3-4,18H2,1-2H3. The number of hydrogen-bond donors (Lipinski definition) is 0. The molecule has 8 heteroatoms. The van der Waals surface area contributed by atoms with Crippen LogP contribution in [0.1, 0.15) is 35.3 Å². The Labute approximate surface area is 224 Å². The molecule has 0 atom stereocenters. The maximum Gasteiger partial charge on any atom is 0.338 e. The number of ether oxygens (including phenoxy) is 1. The molecule has 0 radical (unpaired) electrons. The monoisotopic (exact) mass is 527 g/mol. The Morgan fingerprint density at radius 2 is 1.84 bits per heavy atom. The molecule has 0 N–H and O–H groups in total. The van der Waals surface area contributed by atoms with Crippen molar-refractivity contribution in [3.05, 3.63) is 106 Å². The van der Waals surface area contributed by atoms with Gasteiger partial charge in [-0.1, -0.05) is 36.4 Å². The molecule has 192 valence electrons. The highest BCUT2D eigenvalue weighted by Crippen LogP contribution is 2.35. The van der Waals surface area contributed by atoms with E-state index in [1.54, 1.807) is 48.2 Å². The number of para-hydroxylation sites is 1. The van der Waals surface area contributed by atoms with Crippen LogP contribution in [0.25, 0.3) is 17.0 Å². The fourth-order valence-corrected chi connectivity index (χ4v) is 5.40. The number of esters is 1. The zero-order chi connectivity index (χ0) is 26.6. The smallest absolute Gasteiger partial charge is 0.338 e. The minimum Gasteiger partial charge on any atom is -0.462 e. The van der Waals surface area contributed by atoms with Gasteiger partial charge in [-0.3, -0.25) is 9.69 Å². The Balaban J connectivity index is 1.47. The van der Waals surface area contributed by atoms with Crippen molar-refractivity contribution in [2.24, 2.45) is 4.99 Å². The minimum absolute atomic E-state index is 0.117. The highest BCUT2D eigenvalue weighted by Gasteiger charge is 2.32. The minimum atomic E-state index is -0.408. The first-order valence-corrected chi connectivity index (χ1v) is 13.2. The number of halogens is 1. The number of likely N-dealkylation sites (N-methyl/N-ethyl adjacent to an activating group) is 1. The zero-order valence-corrected chi connectivity index (χ0v) is 21.9. The Kier molecular flexibility index (Phi) is 7.42. The maximum absolute atomic E-state index is 13.4. The molecular weight excluding hydrogens is 501 g/mol. The van der Waals surface area contributed by atoms with Crippen molar-refractivity contribution in [3.8, 4) is 0 Å². The first-order valence-electron chi connectivity index (χ1n) is 12.4. The normalized spacial score (nSPS) is 15.7. The molecule has 4 aromatic rings. The van der Waals surface area contributed by atoms with Crippen LogP contribution in [0.4, 0.5) is 10.1 Å². The number of rotatable bonds is 7. The molecular formula is C30H26FN3O3S. The summed E-state index contributed by atoms with van der Waals surface area (Å²) in [7, 11) is 0. The molecule has 0 bridgehead atoms. The van der Waals surface area contributed by atoms with E-state index in [0.717, 1.165) is 22.0 Å². The summed E-state index contributed by atoms with van der Waals surface area (Å²) in [6.45, 7) is 5.00. The van der Waals surface area contributed by atoms with Crippen molar-refractivity contribution in [2.75, 3.05) is 13.2 Å². The average molecular weight is 528 g/mol. The van der Waals surface area contributed by atoms with Crippen molar-refractivity contribution in [2.45, 2.75) is 20.4 Å². The van der Waals surface area contributed by atoms with E-state index in [9.17, 15) is 14.0 Å². The van der Waals surface area contributed by atoms with Gasteiger partial charge in [0.1, 0.15) is 5.82 Å². The highest BCUT2D eigenvalue weighted by atomic mass is 32.2. The van der Waals surface area contributed by atoms with Crippen LogP contribution in [0.3, 0.4) is 0 Å². The van der Waals surface area contributed by atoms with Crippen LogP contribution in [-0.4, -0.2) is 39.7 Å². The molecule has 2 heterocycles. The molecule has 1 saturated heterocycles. The molecule has 1 aliphatic rings. The molecule has 38 heavy (non-hydrogen) atoms. The topological polar surface area (TPSA) is 63.9 Å². The molecule has 0 aliphatic carbocycles. The van der Waals surface area contributed by atoms with Crippen LogP contribution in [-0.2, 0) is 16.1 Å². The number of benzene rings is 3. The number of amidine groups is 1. The molecule has 0 spiro atoms. The maximum atomic E-state index is 13.4. The van der Waals surface area contributed by atoms with Gasteiger partial charge in [0.2, 0.25) is 0 Å². The van der Waals surface area contributed by atoms with E-state index in [2.05, 4.69) is 9.56 Å². The van der Waals surface area contributed by atoms with E-state index in [0.29, 0.717) is 41.0 Å². The van der Waals surface area contributed by atoms with Gasteiger partial charge in [0.05, 0.1) is 22.8 Å². The summed E-state index contributed by atoms with van der Waals surface area (Å²) in [5.41, 5.74) is 3.91. The lowest BCUT2D eigenvalue weighted by Gasteiger charge is -2.12. The Hall–Kier alpha value is -4.17. The molecule has 3 aromatic carbocycles.